The first-order valence-corrected chi connectivity index (χ1v) is 7.12. The fourth-order valence-electron chi connectivity index (χ4n) is 2.42. The molecule has 0 bridgehead atoms. The molecule has 0 aliphatic rings. The number of imidazole rings is 1. The maximum Gasteiger partial charge on any atom is 0.433 e. The number of hydrogen-bond acceptors (Lipinski definition) is 3. The Morgan fingerprint density at radius 3 is 2.78 bits per heavy atom. The largest absolute Gasteiger partial charge is 0.433 e. The average Bonchev–Trinajstić information content (AvgIpc) is 3.06. The van der Waals surface area contributed by atoms with Crippen LogP contribution in [-0.4, -0.2) is 31.5 Å². The molecule has 1 N–H and O–H groups in total. The summed E-state index contributed by atoms with van der Waals surface area (Å²) in [6.45, 7) is 0.531. The summed E-state index contributed by atoms with van der Waals surface area (Å²) in [4.78, 5) is 6.00. The van der Waals surface area contributed by atoms with Crippen molar-refractivity contribution in [3.8, 4) is 0 Å². The minimum atomic E-state index is -4.44. The lowest BCUT2D eigenvalue weighted by Crippen LogP contribution is -2.20. The Morgan fingerprint density at radius 2 is 2.04 bits per heavy atom. The second-order valence-electron chi connectivity index (χ2n) is 5.27. The molecule has 0 unspecified atom stereocenters. The standard InChI is InChI=1S/C14H13ClF3N5/c1-22(6-9-4-20-21-13(9)14(16,17)18)8-11-5-19-12-3-2-10(15)7-23(11)12/h2-5,7H,6,8H2,1H3,(H,20,21). The molecule has 0 saturated carbocycles. The van der Waals surface area contributed by atoms with Crippen molar-refractivity contribution >= 4 is 17.2 Å². The maximum atomic E-state index is 12.8. The number of alkyl halides is 3. The molecule has 0 radical (unpaired) electrons. The zero-order chi connectivity index (χ0) is 16.6. The first-order chi connectivity index (χ1) is 10.8. The summed E-state index contributed by atoms with van der Waals surface area (Å²) in [5.41, 5.74) is 0.858. The summed E-state index contributed by atoms with van der Waals surface area (Å²) >= 11 is 5.97. The van der Waals surface area contributed by atoms with Crippen molar-refractivity contribution in [3.63, 3.8) is 0 Å². The quantitative estimate of drug-likeness (QED) is 0.790. The third-order valence-corrected chi connectivity index (χ3v) is 3.64. The predicted octanol–water partition coefficient (Wildman–Crippen LogP) is 3.36. The summed E-state index contributed by atoms with van der Waals surface area (Å²) in [5.74, 6) is 0. The van der Waals surface area contributed by atoms with E-state index in [1.807, 2.05) is 9.50 Å². The maximum absolute atomic E-state index is 12.8. The van der Waals surface area contributed by atoms with Crippen LogP contribution in [0.25, 0.3) is 5.65 Å². The van der Waals surface area contributed by atoms with E-state index >= 15 is 0 Å². The van der Waals surface area contributed by atoms with E-state index in [9.17, 15) is 13.2 Å². The van der Waals surface area contributed by atoms with Gasteiger partial charge in [0, 0.05) is 24.8 Å². The van der Waals surface area contributed by atoms with Crippen molar-refractivity contribution in [3.05, 3.63) is 52.7 Å². The first-order valence-electron chi connectivity index (χ1n) is 6.74. The number of aromatic amines is 1. The number of nitrogens with zero attached hydrogens (tertiary/aromatic N) is 4. The van der Waals surface area contributed by atoms with Crippen LogP contribution in [0.2, 0.25) is 5.02 Å². The minimum Gasteiger partial charge on any atom is -0.301 e. The third-order valence-electron chi connectivity index (χ3n) is 3.42. The minimum absolute atomic E-state index is 0.104. The van der Waals surface area contributed by atoms with E-state index < -0.39 is 11.9 Å². The highest BCUT2D eigenvalue weighted by atomic mass is 35.5. The fraction of sp³-hybridized carbons (Fsp3) is 0.286. The fourth-order valence-corrected chi connectivity index (χ4v) is 2.58. The second-order valence-corrected chi connectivity index (χ2v) is 5.70. The van der Waals surface area contributed by atoms with E-state index in [0.29, 0.717) is 11.6 Å². The molecule has 5 nitrogen and oxygen atoms in total. The zero-order valence-corrected chi connectivity index (χ0v) is 12.9. The van der Waals surface area contributed by atoms with Gasteiger partial charge >= 0.3 is 6.18 Å². The Morgan fingerprint density at radius 1 is 1.26 bits per heavy atom. The molecule has 0 fully saturated rings. The number of fused-ring (bicyclic) bond motifs is 1. The van der Waals surface area contributed by atoms with Crippen molar-refractivity contribution in [2.24, 2.45) is 0 Å². The van der Waals surface area contributed by atoms with Gasteiger partial charge in [-0.3, -0.25) is 10.00 Å². The second kappa shape index (κ2) is 5.86. The molecule has 0 atom stereocenters. The Kier molecular flexibility index (Phi) is 4.03. The lowest BCUT2D eigenvalue weighted by atomic mass is 10.2. The van der Waals surface area contributed by atoms with Gasteiger partial charge in [-0.05, 0) is 19.2 Å². The SMILES string of the molecule is CN(Cc1cn[nH]c1C(F)(F)F)Cc1cnc2ccc(Cl)cn12. The van der Waals surface area contributed by atoms with Crippen LogP contribution in [-0.2, 0) is 19.3 Å². The van der Waals surface area contributed by atoms with Gasteiger partial charge < -0.3 is 4.40 Å². The third kappa shape index (κ3) is 3.32. The first kappa shape index (κ1) is 15.8. The number of rotatable bonds is 4. The number of nitrogens with one attached hydrogen (secondary N) is 1. The molecule has 0 aliphatic carbocycles. The van der Waals surface area contributed by atoms with E-state index in [1.165, 1.54) is 6.20 Å². The van der Waals surface area contributed by atoms with E-state index in [-0.39, 0.29) is 12.1 Å². The van der Waals surface area contributed by atoms with Crippen molar-refractivity contribution < 1.29 is 13.2 Å². The Balaban J connectivity index is 1.78. The molecule has 3 aromatic heterocycles. The Labute approximate surface area is 134 Å². The Hall–Kier alpha value is -2.06. The highest BCUT2D eigenvalue weighted by Crippen LogP contribution is 2.30. The molecule has 122 valence electrons. The normalized spacial score (nSPS) is 12.4. The molecular weight excluding hydrogens is 331 g/mol. The van der Waals surface area contributed by atoms with E-state index in [1.54, 1.807) is 36.5 Å². The summed E-state index contributed by atoms with van der Waals surface area (Å²) in [7, 11) is 1.73. The Bertz CT molecular complexity index is 823. The summed E-state index contributed by atoms with van der Waals surface area (Å²) in [6.07, 6.45) is 0.169. The lowest BCUT2D eigenvalue weighted by molar-refractivity contribution is -0.142. The van der Waals surface area contributed by atoms with Crippen LogP contribution in [0, 0.1) is 0 Å². The van der Waals surface area contributed by atoms with E-state index in [2.05, 4.69) is 10.1 Å². The molecule has 3 aromatic rings. The molecular formula is C14H13ClF3N5. The van der Waals surface area contributed by atoms with Crippen LogP contribution < -0.4 is 0 Å². The molecule has 3 heterocycles. The van der Waals surface area contributed by atoms with Gasteiger partial charge in [0.05, 0.1) is 23.1 Å². The molecule has 9 heteroatoms. The molecule has 0 saturated heterocycles. The van der Waals surface area contributed by atoms with Crippen LogP contribution in [0.5, 0.6) is 0 Å². The van der Waals surface area contributed by atoms with Crippen molar-refractivity contribution in [2.75, 3.05) is 7.05 Å². The summed E-state index contributed by atoms with van der Waals surface area (Å²) < 4.78 is 40.3. The van der Waals surface area contributed by atoms with E-state index in [4.69, 9.17) is 11.6 Å². The summed E-state index contributed by atoms with van der Waals surface area (Å²) in [6, 6.07) is 3.52. The molecule has 3 rings (SSSR count). The monoisotopic (exact) mass is 343 g/mol. The number of hydrogen-bond donors (Lipinski definition) is 1. The molecule has 23 heavy (non-hydrogen) atoms. The highest BCUT2D eigenvalue weighted by Gasteiger charge is 2.35. The van der Waals surface area contributed by atoms with Gasteiger partial charge in [0.2, 0.25) is 0 Å². The lowest BCUT2D eigenvalue weighted by Gasteiger charge is -2.17. The molecule has 0 aliphatic heterocycles. The van der Waals surface area contributed by atoms with Gasteiger partial charge in [-0.15, -0.1) is 0 Å². The van der Waals surface area contributed by atoms with E-state index in [0.717, 1.165) is 11.3 Å². The highest BCUT2D eigenvalue weighted by molar-refractivity contribution is 6.30. The van der Waals surface area contributed by atoms with Crippen LogP contribution in [0.3, 0.4) is 0 Å². The molecule has 0 spiro atoms. The van der Waals surface area contributed by atoms with Gasteiger partial charge in [-0.1, -0.05) is 11.6 Å². The predicted molar refractivity (Wildman–Crippen MR) is 79.0 cm³/mol. The van der Waals surface area contributed by atoms with Crippen LogP contribution >= 0.6 is 11.6 Å². The van der Waals surface area contributed by atoms with Crippen molar-refractivity contribution in [1.82, 2.24) is 24.5 Å². The zero-order valence-electron chi connectivity index (χ0n) is 12.1. The molecule has 0 aromatic carbocycles. The van der Waals surface area contributed by atoms with Crippen molar-refractivity contribution in [2.45, 2.75) is 19.3 Å². The smallest absolute Gasteiger partial charge is 0.301 e. The van der Waals surface area contributed by atoms with Gasteiger partial charge in [0.25, 0.3) is 0 Å². The topological polar surface area (TPSA) is 49.2 Å². The summed E-state index contributed by atoms with van der Waals surface area (Å²) in [5, 5.41) is 6.07. The average molecular weight is 344 g/mol. The number of aromatic nitrogens is 4. The molecule has 0 amide bonds. The van der Waals surface area contributed by atoms with Crippen LogP contribution in [0.15, 0.2) is 30.7 Å². The number of halogens is 4. The van der Waals surface area contributed by atoms with Crippen LogP contribution in [0.1, 0.15) is 17.0 Å². The van der Waals surface area contributed by atoms with Gasteiger partial charge in [0.15, 0.2) is 0 Å². The van der Waals surface area contributed by atoms with Gasteiger partial charge in [-0.2, -0.15) is 18.3 Å². The number of pyridine rings is 1. The van der Waals surface area contributed by atoms with Crippen LogP contribution in [0.4, 0.5) is 13.2 Å². The number of H-pyrrole nitrogens is 1. The van der Waals surface area contributed by atoms with Crippen molar-refractivity contribution in [1.29, 1.82) is 0 Å². The van der Waals surface area contributed by atoms with Gasteiger partial charge in [-0.25, -0.2) is 4.98 Å². The van der Waals surface area contributed by atoms with Gasteiger partial charge in [0.1, 0.15) is 11.3 Å².